The van der Waals surface area contributed by atoms with Crippen molar-refractivity contribution in [1.82, 2.24) is 4.90 Å². The van der Waals surface area contributed by atoms with Crippen LogP contribution < -0.4 is 0 Å². The summed E-state index contributed by atoms with van der Waals surface area (Å²) in [6, 6.07) is 11.2. The summed E-state index contributed by atoms with van der Waals surface area (Å²) in [5.41, 5.74) is 0.154. The van der Waals surface area contributed by atoms with Crippen molar-refractivity contribution in [3.8, 4) is 0 Å². The zero-order valence-corrected chi connectivity index (χ0v) is 14.7. The smallest absolute Gasteiger partial charge is 0.341 e. The highest BCUT2D eigenvalue weighted by atomic mass is 32.2. The molecule has 0 aliphatic rings. The number of rotatable bonds is 7. The first-order valence-electron chi connectivity index (χ1n) is 7.84. The lowest BCUT2D eigenvalue weighted by atomic mass is 10.2. The van der Waals surface area contributed by atoms with Gasteiger partial charge in [0, 0.05) is 5.56 Å². The zero-order chi connectivity index (χ0) is 19.4. The van der Waals surface area contributed by atoms with E-state index < -0.39 is 26.4 Å². The van der Waals surface area contributed by atoms with Crippen LogP contribution in [0.1, 0.15) is 21.9 Å². The molecule has 3 rings (SSSR count). The lowest BCUT2D eigenvalue weighted by Gasteiger charge is -2.21. The van der Waals surface area contributed by atoms with Gasteiger partial charge in [-0.1, -0.05) is 0 Å². The summed E-state index contributed by atoms with van der Waals surface area (Å²) in [6.07, 6.45) is 2.96. The maximum absolute atomic E-state index is 12.8. The number of carbonyl (C=O) groups is 1. The maximum atomic E-state index is 12.8. The zero-order valence-electron chi connectivity index (χ0n) is 13.9. The van der Waals surface area contributed by atoms with Gasteiger partial charge in [0.25, 0.3) is 5.91 Å². The second-order valence-electron chi connectivity index (χ2n) is 5.65. The van der Waals surface area contributed by atoms with Gasteiger partial charge in [-0.15, -0.1) is 0 Å². The average Bonchev–Trinajstić information content (AvgIpc) is 3.34. The van der Waals surface area contributed by atoms with E-state index in [1.807, 2.05) is 0 Å². The van der Waals surface area contributed by atoms with Crippen molar-refractivity contribution < 1.29 is 30.8 Å². The third kappa shape index (κ3) is 4.25. The molecular formula is C18H15F2NO5S. The Balaban J connectivity index is 1.84. The van der Waals surface area contributed by atoms with Crippen LogP contribution in [0.2, 0.25) is 0 Å². The number of hydrogen-bond donors (Lipinski definition) is 0. The first-order valence-corrected chi connectivity index (χ1v) is 9.38. The molecule has 142 valence electrons. The molecule has 0 unspecified atom stereocenters. The lowest BCUT2D eigenvalue weighted by Crippen LogP contribution is -2.29. The molecule has 0 aliphatic carbocycles. The fourth-order valence-corrected chi connectivity index (χ4v) is 3.17. The highest BCUT2D eigenvalue weighted by Crippen LogP contribution is 2.20. The van der Waals surface area contributed by atoms with Gasteiger partial charge in [0.2, 0.25) is 9.84 Å². The number of furan rings is 2. The Hall–Kier alpha value is -2.94. The normalized spacial score (nSPS) is 11.7. The molecule has 2 aromatic heterocycles. The van der Waals surface area contributed by atoms with Gasteiger partial charge in [-0.25, -0.2) is 8.42 Å². The molecule has 0 saturated carbocycles. The maximum Gasteiger partial charge on any atom is 0.341 e. The van der Waals surface area contributed by atoms with Gasteiger partial charge >= 0.3 is 5.76 Å². The molecule has 0 atom stereocenters. The molecule has 0 bridgehead atoms. The highest BCUT2D eigenvalue weighted by molar-refractivity contribution is 7.91. The summed E-state index contributed by atoms with van der Waals surface area (Å²) in [5.74, 6) is -2.85. The fourth-order valence-electron chi connectivity index (χ4n) is 2.45. The second kappa shape index (κ2) is 7.75. The van der Waals surface area contributed by atoms with Crippen molar-refractivity contribution in [2.24, 2.45) is 0 Å². The van der Waals surface area contributed by atoms with Gasteiger partial charge < -0.3 is 13.7 Å². The van der Waals surface area contributed by atoms with Gasteiger partial charge in [-0.3, -0.25) is 4.79 Å². The number of alkyl halides is 2. The van der Waals surface area contributed by atoms with Crippen LogP contribution in [0.5, 0.6) is 0 Å². The second-order valence-corrected chi connectivity index (χ2v) is 7.57. The van der Waals surface area contributed by atoms with Crippen LogP contribution in [0.15, 0.2) is 74.8 Å². The Morgan fingerprint density at radius 1 is 0.926 bits per heavy atom. The van der Waals surface area contributed by atoms with Crippen LogP contribution in [0.3, 0.4) is 0 Å². The van der Waals surface area contributed by atoms with Crippen LogP contribution in [-0.4, -0.2) is 25.0 Å². The number of benzene rings is 1. The Kier molecular flexibility index (Phi) is 5.41. The summed E-state index contributed by atoms with van der Waals surface area (Å²) < 4.78 is 58.8. The van der Waals surface area contributed by atoms with Gasteiger partial charge in [0.15, 0.2) is 0 Å². The standard InChI is InChI=1S/C18H15F2NO5S/c19-18(20)27(23,24)16-7-5-13(6-8-16)17(22)21(11-14-3-1-9-25-14)12-15-4-2-10-26-15/h1-10,18H,11-12H2. The summed E-state index contributed by atoms with van der Waals surface area (Å²) in [4.78, 5) is 13.7. The highest BCUT2D eigenvalue weighted by Gasteiger charge is 2.27. The van der Waals surface area contributed by atoms with Crippen LogP contribution in [0, 0.1) is 0 Å². The average molecular weight is 395 g/mol. The first-order chi connectivity index (χ1) is 12.9. The molecule has 0 spiro atoms. The van der Waals surface area contributed by atoms with Crippen molar-refractivity contribution in [1.29, 1.82) is 0 Å². The largest absolute Gasteiger partial charge is 0.467 e. The monoisotopic (exact) mass is 395 g/mol. The predicted molar refractivity (Wildman–Crippen MR) is 90.6 cm³/mol. The number of amides is 1. The Morgan fingerprint density at radius 2 is 1.44 bits per heavy atom. The van der Waals surface area contributed by atoms with E-state index in [0.717, 1.165) is 12.1 Å². The quantitative estimate of drug-likeness (QED) is 0.609. The third-order valence-corrected chi connectivity index (χ3v) is 5.20. The van der Waals surface area contributed by atoms with E-state index in [-0.39, 0.29) is 18.7 Å². The molecule has 0 saturated heterocycles. The third-order valence-electron chi connectivity index (χ3n) is 3.81. The van der Waals surface area contributed by atoms with Crippen molar-refractivity contribution in [3.63, 3.8) is 0 Å². The fraction of sp³-hybridized carbons (Fsp3) is 0.167. The molecule has 0 aliphatic heterocycles. The van der Waals surface area contributed by atoms with Gasteiger partial charge in [0.1, 0.15) is 11.5 Å². The van der Waals surface area contributed by atoms with Crippen LogP contribution in [0.25, 0.3) is 0 Å². The minimum atomic E-state index is -4.71. The molecule has 0 fully saturated rings. The summed E-state index contributed by atoms with van der Waals surface area (Å²) in [5, 5.41) is 0. The van der Waals surface area contributed by atoms with Crippen LogP contribution in [-0.2, 0) is 22.9 Å². The molecule has 0 radical (unpaired) electrons. The van der Waals surface area contributed by atoms with Crippen LogP contribution in [0.4, 0.5) is 8.78 Å². The van der Waals surface area contributed by atoms with E-state index in [9.17, 15) is 22.0 Å². The van der Waals surface area contributed by atoms with Gasteiger partial charge in [-0.05, 0) is 48.5 Å². The Labute approximate surface area is 153 Å². The number of halogens is 2. The molecule has 1 amide bonds. The molecule has 6 nitrogen and oxygen atoms in total. The van der Waals surface area contributed by atoms with Crippen molar-refractivity contribution in [2.75, 3.05) is 0 Å². The van der Waals surface area contributed by atoms with Crippen molar-refractivity contribution >= 4 is 15.7 Å². The van der Waals surface area contributed by atoms with Gasteiger partial charge in [-0.2, -0.15) is 8.78 Å². The van der Waals surface area contributed by atoms with Crippen LogP contribution >= 0.6 is 0 Å². The molecule has 0 N–H and O–H groups in total. The number of hydrogen-bond acceptors (Lipinski definition) is 5. The molecule has 2 heterocycles. The summed E-state index contributed by atoms with van der Waals surface area (Å²) in [6.45, 7) is 0.313. The van der Waals surface area contributed by atoms with E-state index in [2.05, 4.69) is 0 Å². The van der Waals surface area contributed by atoms with Crippen molar-refractivity contribution in [2.45, 2.75) is 23.7 Å². The number of carbonyl (C=O) groups excluding carboxylic acids is 1. The van der Waals surface area contributed by atoms with E-state index in [4.69, 9.17) is 8.83 Å². The van der Waals surface area contributed by atoms with E-state index >= 15 is 0 Å². The van der Waals surface area contributed by atoms with E-state index in [0.29, 0.717) is 11.5 Å². The predicted octanol–water partition coefficient (Wildman–Crippen LogP) is 3.71. The summed E-state index contributed by atoms with van der Waals surface area (Å²) in [7, 11) is -4.71. The number of sulfone groups is 1. The van der Waals surface area contributed by atoms with Gasteiger partial charge in [0.05, 0.1) is 30.5 Å². The molecule has 1 aromatic carbocycles. The summed E-state index contributed by atoms with van der Waals surface area (Å²) >= 11 is 0. The molecule has 9 heteroatoms. The van der Waals surface area contributed by atoms with Crippen molar-refractivity contribution in [3.05, 3.63) is 78.1 Å². The molecular weight excluding hydrogens is 380 g/mol. The molecule has 3 aromatic rings. The first kappa shape index (κ1) is 18.8. The minimum Gasteiger partial charge on any atom is -0.467 e. The minimum absolute atomic E-state index is 0.154. The SMILES string of the molecule is O=C(c1ccc(S(=O)(=O)C(F)F)cc1)N(Cc1ccco1)Cc1ccco1. The Bertz CT molecular complexity index is 945. The lowest BCUT2D eigenvalue weighted by molar-refractivity contribution is 0.0704. The Morgan fingerprint density at radius 3 is 1.85 bits per heavy atom. The topological polar surface area (TPSA) is 80.7 Å². The van der Waals surface area contributed by atoms with E-state index in [1.165, 1.54) is 29.6 Å². The molecule has 27 heavy (non-hydrogen) atoms. The number of nitrogens with zero attached hydrogens (tertiary/aromatic N) is 1. The van der Waals surface area contributed by atoms with E-state index in [1.54, 1.807) is 24.3 Å².